The van der Waals surface area contributed by atoms with Crippen LogP contribution in [0.15, 0.2) is 59.5 Å². The lowest BCUT2D eigenvalue weighted by Gasteiger charge is -2.48. The minimum absolute atomic E-state index is 0.272. The number of benzene rings is 1. The number of carbonyl (C=O) groups is 1. The van der Waals surface area contributed by atoms with Gasteiger partial charge >= 0.3 is 6.09 Å². The quantitative estimate of drug-likeness (QED) is 0.505. The number of pyridine rings is 1. The predicted octanol–water partition coefficient (Wildman–Crippen LogP) is 3.08. The van der Waals surface area contributed by atoms with Crippen LogP contribution in [0.1, 0.15) is 30.0 Å². The Labute approximate surface area is 182 Å². The standard InChI is InChI=1S/C22H19N7O3/c23-11-14-4-1-5-17-19(14)32-20(27-17)15-10-16(13-25-12-15)22(24)18(29-9-3-7-26-29)6-2-8-28(22)21(30)31/h1,3-5,7,9-10,12-13,18H,2,6,8,24H2,(H,30,31). The molecule has 0 saturated carbocycles. The van der Waals surface area contributed by atoms with Crippen molar-refractivity contribution in [1.29, 1.82) is 5.26 Å². The number of hydrogen-bond donors (Lipinski definition) is 2. The fraction of sp³-hybridized carbons (Fsp3) is 0.227. The van der Waals surface area contributed by atoms with Crippen LogP contribution in [0.2, 0.25) is 0 Å². The highest BCUT2D eigenvalue weighted by molar-refractivity contribution is 5.81. The van der Waals surface area contributed by atoms with Gasteiger partial charge in [-0.05, 0) is 37.1 Å². The molecule has 2 unspecified atom stereocenters. The molecule has 10 nitrogen and oxygen atoms in total. The van der Waals surface area contributed by atoms with Crippen molar-refractivity contribution in [3.8, 4) is 17.5 Å². The number of hydrogen-bond acceptors (Lipinski definition) is 7. The number of amides is 1. The fourth-order valence-corrected chi connectivity index (χ4v) is 4.37. The van der Waals surface area contributed by atoms with Crippen molar-refractivity contribution in [2.75, 3.05) is 6.54 Å². The largest absolute Gasteiger partial charge is 0.465 e. The minimum atomic E-state index is -1.40. The van der Waals surface area contributed by atoms with E-state index >= 15 is 0 Å². The van der Waals surface area contributed by atoms with Crippen molar-refractivity contribution in [3.05, 3.63) is 66.2 Å². The highest BCUT2D eigenvalue weighted by Gasteiger charge is 2.49. The molecule has 0 spiro atoms. The van der Waals surface area contributed by atoms with Crippen molar-refractivity contribution < 1.29 is 14.3 Å². The van der Waals surface area contributed by atoms with Gasteiger partial charge in [-0.15, -0.1) is 0 Å². The zero-order chi connectivity index (χ0) is 22.3. The van der Waals surface area contributed by atoms with Crippen molar-refractivity contribution in [2.45, 2.75) is 24.5 Å². The summed E-state index contributed by atoms with van der Waals surface area (Å²) < 4.78 is 7.56. The van der Waals surface area contributed by atoms with Crippen molar-refractivity contribution in [2.24, 2.45) is 5.73 Å². The summed E-state index contributed by atoms with van der Waals surface area (Å²) >= 11 is 0. The van der Waals surface area contributed by atoms with Gasteiger partial charge in [0, 0.05) is 36.9 Å². The van der Waals surface area contributed by atoms with E-state index in [-0.39, 0.29) is 5.89 Å². The molecule has 10 heteroatoms. The number of nitrogens with two attached hydrogens (primary N) is 1. The fourth-order valence-electron chi connectivity index (χ4n) is 4.37. The normalized spacial score (nSPS) is 20.9. The molecular formula is C22H19N7O3. The second-order valence-corrected chi connectivity index (χ2v) is 7.65. The van der Waals surface area contributed by atoms with E-state index in [1.807, 2.05) is 0 Å². The van der Waals surface area contributed by atoms with Crippen LogP contribution >= 0.6 is 0 Å². The number of para-hydroxylation sites is 1. The predicted molar refractivity (Wildman–Crippen MR) is 113 cm³/mol. The first-order valence-corrected chi connectivity index (χ1v) is 10.1. The Hall–Kier alpha value is -4.23. The van der Waals surface area contributed by atoms with E-state index in [0.717, 1.165) is 0 Å². The molecule has 1 amide bonds. The van der Waals surface area contributed by atoms with Gasteiger partial charge in [0.05, 0.1) is 17.2 Å². The van der Waals surface area contributed by atoms with E-state index in [1.54, 1.807) is 59.8 Å². The maximum Gasteiger partial charge on any atom is 0.409 e. The molecule has 1 fully saturated rings. The molecule has 2 atom stereocenters. The van der Waals surface area contributed by atoms with Gasteiger partial charge in [-0.1, -0.05) is 6.07 Å². The summed E-state index contributed by atoms with van der Waals surface area (Å²) in [5.74, 6) is 0.272. The van der Waals surface area contributed by atoms with Gasteiger partial charge in [0.15, 0.2) is 5.58 Å². The molecule has 32 heavy (non-hydrogen) atoms. The molecule has 3 N–H and O–H groups in total. The van der Waals surface area contributed by atoms with E-state index in [4.69, 9.17) is 10.2 Å². The Bertz CT molecular complexity index is 1340. The van der Waals surface area contributed by atoms with Gasteiger partial charge in [0.1, 0.15) is 17.2 Å². The number of carboxylic acid groups (broad SMARTS) is 1. The molecule has 3 aromatic heterocycles. The molecule has 1 aromatic carbocycles. The Kier molecular flexibility index (Phi) is 4.61. The lowest BCUT2D eigenvalue weighted by atomic mass is 9.84. The average Bonchev–Trinajstić information content (AvgIpc) is 3.49. The van der Waals surface area contributed by atoms with E-state index in [9.17, 15) is 15.2 Å². The lowest BCUT2D eigenvalue weighted by molar-refractivity contribution is 0.00543. The molecule has 4 heterocycles. The van der Waals surface area contributed by atoms with Crippen LogP contribution in [-0.4, -0.2) is 42.4 Å². The van der Waals surface area contributed by atoms with E-state index in [0.29, 0.717) is 47.2 Å². The van der Waals surface area contributed by atoms with Crippen LogP contribution in [0.25, 0.3) is 22.6 Å². The highest BCUT2D eigenvalue weighted by atomic mass is 16.4. The number of piperidine rings is 1. The summed E-state index contributed by atoms with van der Waals surface area (Å²) in [4.78, 5) is 22.2. The minimum Gasteiger partial charge on any atom is -0.465 e. The summed E-state index contributed by atoms with van der Waals surface area (Å²) in [6.45, 7) is 0.294. The molecular weight excluding hydrogens is 410 g/mol. The molecule has 4 aromatic rings. The van der Waals surface area contributed by atoms with E-state index < -0.39 is 17.8 Å². The average molecular weight is 429 g/mol. The van der Waals surface area contributed by atoms with Gasteiger partial charge in [-0.2, -0.15) is 10.4 Å². The molecule has 1 saturated heterocycles. The number of aromatic nitrogens is 4. The zero-order valence-electron chi connectivity index (χ0n) is 16.9. The third-order valence-electron chi connectivity index (χ3n) is 5.87. The molecule has 0 aliphatic carbocycles. The Morgan fingerprint density at radius 3 is 2.97 bits per heavy atom. The monoisotopic (exact) mass is 429 g/mol. The summed E-state index contributed by atoms with van der Waals surface area (Å²) in [7, 11) is 0. The summed E-state index contributed by atoms with van der Waals surface area (Å²) in [5.41, 5.74) is 7.82. The first kappa shape index (κ1) is 19.7. The van der Waals surface area contributed by atoms with Gasteiger partial charge in [0.25, 0.3) is 0 Å². The number of nitriles is 1. The maximum atomic E-state index is 12.1. The van der Waals surface area contributed by atoms with Gasteiger partial charge in [0.2, 0.25) is 5.89 Å². The van der Waals surface area contributed by atoms with Crippen LogP contribution in [0, 0.1) is 11.3 Å². The highest BCUT2D eigenvalue weighted by Crippen LogP contribution is 2.41. The van der Waals surface area contributed by atoms with Crippen LogP contribution in [-0.2, 0) is 5.66 Å². The first-order chi connectivity index (χ1) is 15.5. The molecule has 0 radical (unpaired) electrons. The zero-order valence-corrected chi connectivity index (χ0v) is 16.9. The number of nitrogens with zero attached hydrogens (tertiary/aromatic N) is 6. The van der Waals surface area contributed by atoms with Crippen molar-refractivity contribution in [1.82, 2.24) is 24.6 Å². The Morgan fingerprint density at radius 2 is 2.22 bits per heavy atom. The van der Waals surface area contributed by atoms with Crippen LogP contribution in [0.4, 0.5) is 4.79 Å². The summed E-state index contributed by atoms with van der Waals surface area (Å²) in [6.07, 6.45) is 6.74. The first-order valence-electron chi connectivity index (χ1n) is 10.1. The smallest absolute Gasteiger partial charge is 0.409 e. The molecule has 5 rings (SSSR count). The molecule has 1 aliphatic heterocycles. The number of rotatable bonds is 3. The molecule has 0 bridgehead atoms. The van der Waals surface area contributed by atoms with Crippen LogP contribution in [0.5, 0.6) is 0 Å². The van der Waals surface area contributed by atoms with Crippen LogP contribution in [0.3, 0.4) is 0 Å². The lowest BCUT2D eigenvalue weighted by Crippen LogP contribution is -2.62. The van der Waals surface area contributed by atoms with Gasteiger partial charge in [-0.25, -0.2) is 9.78 Å². The van der Waals surface area contributed by atoms with Crippen molar-refractivity contribution >= 4 is 17.2 Å². The second kappa shape index (κ2) is 7.47. The SMILES string of the molecule is N#Cc1cccc2nc(-c3cncc(C4(N)C(n5cccn5)CCCN4C(=O)O)c3)oc12. The molecule has 160 valence electrons. The number of oxazole rings is 1. The Morgan fingerprint density at radius 1 is 1.34 bits per heavy atom. The van der Waals surface area contributed by atoms with Crippen LogP contribution < -0.4 is 5.73 Å². The summed E-state index contributed by atoms with van der Waals surface area (Å²) in [6, 6.07) is 10.3. The number of fused-ring (bicyclic) bond motifs is 1. The summed E-state index contributed by atoms with van der Waals surface area (Å²) in [5, 5.41) is 23.6. The third kappa shape index (κ3) is 2.99. The number of likely N-dealkylation sites (tertiary alicyclic amines) is 1. The molecule has 1 aliphatic rings. The second-order valence-electron chi connectivity index (χ2n) is 7.65. The maximum absolute atomic E-state index is 12.1. The van der Waals surface area contributed by atoms with E-state index in [1.165, 1.54) is 4.90 Å². The topological polar surface area (TPSA) is 147 Å². The van der Waals surface area contributed by atoms with E-state index in [2.05, 4.69) is 21.1 Å². The Balaban J connectivity index is 1.64. The van der Waals surface area contributed by atoms with Gasteiger partial charge in [-0.3, -0.25) is 14.6 Å². The van der Waals surface area contributed by atoms with Crippen molar-refractivity contribution in [3.63, 3.8) is 0 Å². The van der Waals surface area contributed by atoms with Gasteiger partial charge < -0.3 is 15.3 Å². The third-order valence-corrected chi connectivity index (χ3v) is 5.87.